The minimum atomic E-state index is -3.81. The van der Waals surface area contributed by atoms with Gasteiger partial charge in [0.1, 0.15) is 11.6 Å². The summed E-state index contributed by atoms with van der Waals surface area (Å²) in [5.41, 5.74) is 5.31. The number of ketones is 1. The van der Waals surface area contributed by atoms with Gasteiger partial charge < -0.3 is 5.73 Å². The van der Waals surface area contributed by atoms with Crippen LogP contribution in [0.25, 0.3) is 0 Å². The predicted octanol–water partition coefficient (Wildman–Crippen LogP) is 1.47. The van der Waals surface area contributed by atoms with Gasteiger partial charge in [-0.3, -0.25) is 14.1 Å². The number of sulfonamides is 1. The second kappa shape index (κ2) is 7.02. The molecule has 0 aliphatic carbocycles. The van der Waals surface area contributed by atoms with Crippen molar-refractivity contribution < 1.29 is 22.0 Å². The predicted molar refractivity (Wildman–Crippen MR) is 85.0 cm³/mol. The highest BCUT2D eigenvalue weighted by atomic mass is 32.2. The molecule has 0 aliphatic heterocycles. The van der Waals surface area contributed by atoms with Crippen LogP contribution in [0.15, 0.2) is 36.7 Å². The Labute approximate surface area is 138 Å². The van der Waals surface area contributed by atoms with E-state index in [-0.39, 0.29) is 29.9 Å². The van der Waals surface area contributed by atoms with Crippen molar-refractivity contribution in [1.82, 2.24) is 4.98 Å². The molecular formula is C15H15F2N3O3S. The van der Waals surface area contributed by atoms with Gasteiger partial charge in [-0.15, -0.1) is 0 Å². The van der Waals surface area contributed by atoms with Crippen LogP contribution in [0.2, 0.25) is 0 Å². The minimum absolute atomic E-state index is 0.0262. The van der Waals surface area contributed by atoms with E-state index in [1.54, 1.807) is 0 Å². The number of benzene rings is 1. The maximum absolute atomic E-state index is 14.2. The molecule has 0 amide bonds. The van der Waals surface area contributed by atoms with Gasteiger partial charge >= 0.3 is 0 Å². The first-order valence-electron chi connectivity index (χ1n) is 6.82. The third-order valence-corrected chi connectivity index (χ3v) is 4.39. The number of hydrogen-bond acceptors (Lipinski definition) is 5. The smallest absolute Gasteiger partial charge is 0.232 e. The number of hydrogen-bond donors (Lipinski definition) is 1. The summed E-state index contributed by atoms with van der Waals surface area (Å²) in [4.78, 5) is 15.1. The summed E-state index contributed by atoms with van der Waals surface area (Å²) in [6, 6.07) is 4.63. The van der Waals surface area contributed by atoms with Crippen molar-refractivity contribution in [3.8, 4) is 0 Å². The molecule has 0 fully saturated rings. The molecule has 1 aromatic carbocycles. The zero-order valence-corrected chi connectivity index (χ0v) is 13.6. The number of pyridine rings is 1. The van der Waals surface area contributed by atoms with E-state index in [4.69, 9.17) is 5.73 Å². The monoisotopic (exact) mass is 355 g/mol. The number of rotatable bonds is 6. The molecule has 128 valence electrons. The number of nitrogens with zero attached hydrogens (tertiary/aromatic N) is 2. The molecule has 0 saturated heterocycles. The highest BCUT2D eigenvalue weighted by Gasteiger charge is 2.21. The molecule has 0 aliphatic rings. The Bertz CT molecular complexity index is 872. The van der Waals surface area contributed by atoms with Crippen molar-refractivity contribution in [2.75, 3.05) is 17.1 Å². The highest BCUT2D eigenvalue weighted by Crippen LogP contribution is 2.22. The van der Waals surface area contributed by atoms with E-state index in [1.165, 1.54) is 12.1 Å². The van der Waals surface area contributed by atoms with Crippen LogP contribution in [-0.2, 0) is 16.6 Å². The van der Waals surface area contributed by atoms with Crippen LogP contribution >= 0.6 is 0 Å². The van der Waals surface area contributed by atoms with Gasteiger partial charge in [-0.1, -0.05) is 12.1 Å². The van der Waals surface area contributed by atoms with Crippen molar-refractivity contribution >= 4 is 21.5 Å². The van der Waals surface area contributed by atoms with Crippen molar-refractivity contribution in [3.63, 3.8) is 0 Å². The fourth-order valence-electron chi connectivity index (χ4n) is 2.06. The average Bonchev–Trinajstić information content (AvgIpc) is 2.51. The maximum atomic E-state index is 14.2. The molecule has 1 aromatic heterocycles. The molecule has 2 rings (SSSR count). The van der Waals surface area contributed by atoms with Gasteiger partial charge in [-0.25, -0.2) is 17.2 Å². The molecule has 0 spiro atoms. The summed E-state index contributed by atoms with van der Waals surface area (Å²) in [6.07, 6.45) is 3.01. The molecule has 0 atom stereocenters. The fourth-order valence-corrected chi connectivity index (χ4v) is 2.91. The normalized spacial score (nSPS) is 11.3. The first kappa shape index (κ1) is 18.0. The SMILES string of the molecule is CS(=O)(=O)N(Cc1ccc(C(=O)CN)cc1F)c1cncc(F)c1. The molecule has 24 heavy (non-hydrogen) atoms. The second-order valence-corrected chi connectivity index (χ2v) is 6.97. The van der Waals surface area contributed by atoms with Gasteiger partial charge in [-0.05, 0) is 6.07 Å². The van der Waals surface area contributed by atoms with E-state index < -0.39 is 27.4 Å². The molecule has 0 radical (unpaired) electrons. The van der Waals surface area contributed by atoms with Gasteiger partial charge in [-0.2, -0.15) is 0 Å². The van der Waals surface area contributed by atoms with Crippen LogP contribution in [0.5, 0.6) is 0 Å². The lowest BCUT2D eigenvalue weighted by atomic mass is 10.1. The van der Waals surface area contributed by atoms with Crippen LogP contribution in [0.3, 0.4) is 0 Å². The maximum Gasteiger partial charge on any atom is 0.232 e. The summed E-state index contributed by atoms with van der Waals surface area (Å²) >= 11 is 0. The lowest BCUT2D eigenvalue weighted by molar-refractivity contribution is 0.100. The largest absolute Gasteiger partial charge is 0.324 e. The van der Waals surface area contributed by atoms with Crippen molar-refractivity contribution in [1.29, 1.82) is 0 Å². The third-order valence-electron chi connectivity index (χ3n) is 3.25. The summed E-state index contributed by atoms with van der Waals surface area (Å²) < 4.78 is 52.2. The first-order valence-corrected chi connectivity index (χ1v) is 8.67. The van der Waals surface area contributed by atoms with Gasteiger partial charge in [0, 0.05) is 17.2 Å². The molecule has 0 unspecified atom stereocenters. The van der Waals surface area contributed by atoms with E-state index in [0.717, 1.165) is 35.1 Å². The summed E-state index contributed by atoms with van der Waals surface area (Å²) in [5.74, 6) is -1.91. The number of halogens is 2. The Hall–Kier alpha value is -2.39. The number of anilines is 1. The summed E-state index contributed by atoms with van der Waals surface area (Å²) in [6.45, 7) is -0.629. The Morgan fingerprint density at radius 2 is 1.96 bits per heavy atom. The number of carbonyl (C=O) groups is 1. The Kier molecular flexibility index (Phi) is 5.25. The minimum Gasteiger partial charge on any atom is -0.324 e. The van der Waals surface area contributed by atoms with Gasteiger partial charge in [0.15, 0.2) is 5.78 Å². The van der Waals surface area contributed by atoms with Gasteiger partial charge in [0.05, 0.1) is 37.4 Å². The highest BCUT2D eigenvalue weighted by molar-refractivity contribution is 7.92. The van der Waals surface area contributed by atoms with Crippen molar-refractivity contribution in [2.24, 2.45) is 5.73 Å². The van der Waals surface area contributed by atoms with Crippen molar-refractivity contribution in [3.05, 3.63) is 59.4 Å². The van der Waals surface area contributed by atoms with Crippen LogP contribution in [0.4, 0.5) is 14.5 Å². The zero-order valence-electron chi connectivity index (χ0n) is 12.7. The van der Waals surface area contributed by atoms with Crippen LogP contribution in [0, 0.1) is 11.6 Å². The molecule has 2 N–H and O–H groups in total. The topological polar surface area (TPSA) is 93.4 Å². The van der Waals surface area contributed by atoms with Crippen LogP contribution in [0.1, 0.15) is 15.9 Å². The lowest BCUT2D eigenvalue weighted by Gasteiger charge is -2.22. The van der Waals surface area contributed by atoms with E-state index in [0.29, 0.717) is 0 Å². The summed E-state index contributed by atoms with van der Waals surface area (Å²) in [5, 5.41) is 0. The molecule has 9 heteroatoms. The number of Topliss-reactive ketones (excluding diaryl/α,β-unsaturated/α-hetero) is 1. The number of carbonyl (C=O) groups excluding carboxylic acids is 1. The van der Waals surface area contributed by atoms with E-state index in [1.807, 2.05) is 0 Å². The molecule has 0 saturated carbocycles. The van der Waals surface area contributed by atoms with Crippen LogP contribution in [-0.4, -0.2) is 32.0 Å². The van der Waals surface area contributed by atoms with Crippen molar-refractivity contribution in [2.45, 2.75) is 6.54 Å². The first-order chi connectivity index (χ1) is 11.2. The second-order valence-electron chi connectivity index (χ2n) is 5.06. The summed E-state index contributed by atoms with van der Waals surface area (Å²) in [7, 11) is -3.81. The standard InChI is InChI=1S/C15H15F2N3O3S/c1-24(22,23)20(13-5-12(16)7-19-8-13)9-11-3-2-10(4-14(11)17)15(21)6-18/h2-5,7-8H,6,9,18H2,1H3. The average molecular weight is 355 g/mol. The Balaban J connectivity index is 2.39. The Morgan fingerprint density at radius 3 is 2.50 bits per heavy atom. The molecular weight excluding hydrogens is 340 g/mol. The van der Waals surface area contributed by atoms with E-state index >= 15 is 0 Å². The lowest BCUT2D eigenvalue weighted by Crippen LogP contribution is -2.30. The van der Waals surface area contributed by atoms with E-state index in [9.17, 15) is 22.0 Å². The third kappa shape index (κ3) is 4.12. The van der Waals surface area contributed by atoms with Gasteiger partial charge in [0.2, 0.25) is 10.0 Å². The molecule has 0 bridgehead atoms. The Morgan fingerprint density at radius 1 is 1.25 bits per heavy atom. The fraction of sp³-hybridized carbons (Fsp3) is 0.200. The molecule has 6 nitrogen and oxygen atoms in total. The quantitative estimate of drug-likeness (QED) is 0.792. The molecule has 2 aromatic rings. The van der Waals surface area contributed by atoms with Crippen LogP contribution < -0.4 is 10.0 Å². The molecule has 1 heterocycles. The van der Waals surface area contributed by atoms with Gasteiger partial charge in [0.25, 0.3) is 0 Å². The number of nitrogens with two attached hydrogens (primary N) is 1. The zero-order chi connectivity index (χ0) is 17.9. The number of aromatic nitrogens is 1. The van der Waals surface area contributed by atoms with E-state index in [2.05, 4.69) is 4.98 Å².